The Morgan fingerprint density at radius 2 is 2.21 bits per heavy atom. The van der Waals surface area contributed by atoms with Crippen LogP contribution in [-0.4, -0.2) is 24.2 Å². The molecule has 1 aromatic heterocycles. The van der Waals surface area contributed by atoms with E-state index in [-0.39, 0.29) is 0 Å². The van der Waals surface area contributed by atoms with Gasteiger partial charge in [0.1, 0.15) is 11.9 Å². The monoisotopic (exact) mass is 232 g/mol. The van der Waals surface area contributed by atoms with Crippen LogP contribution in [-0.2, 0) is 11.5 Å². The molecule has 5 heteroatoms. The fourth-order valence-corrected chi connectivity index (χ4v) is 1.88. The summed E-state index contributed by atoms with van der Waals surface area (Å²) in [7, 11) is -0.966. The molecule has 0 spiro atoms. The lowest BCUT2D eigenvalue weighted by Gasteiger charge is -2.15. The maximum atomic E-state index is 5.67. The first-order valence-electron chi connectivity index (χ1n) is 4.72. The van der Waals surface area contributed by atoms with Crippen molar-refractivity contribution >= 4 is 19.7 Å². The molecule has 3 nitrogen and oxygen atoms in total. The SMILES string of the molecule is C[Si](C)(C)CCOCn1cnc(Cl)c1. The van der Waals surface area contributed by atoms with Gasteiger partial charge in [0.15, 0.2) is 0 Å². The van der Waals surface area contributed by atoms with Crippen LogP contribution >= 0.6 is 11.6 Å². The molecule has 0 unspecified atom stereocenters. The van der Waals surface area contributed by atoms with Crippen molar-refractivity contribution in [2.24, 2.45) is 0 Å². The van der Waals surface area contributed by atoms with Crippen LogP contribution in [0.5, 0.6) is 0 Å². The van der Waals surface area contributed by atoms with Crippen LogP contribution < -0.4 is 0 Å². The van der Waals surface area contributed by atoms with E-state index in [2.05, 4.69) is 24.6 Å². The van der Waals surface area contributed by atoms with Crippen molar-refractivity contribution in [1.29, 1.82) is 0 Å². The van der Waals surface area contributed by atoms with Crippen LogP contribution in [0, 0.1) is 0 Å². The summed E-state index contributed by atoms with van der Waals surface area (Å²) >= 11 is 5.67. The minimum absolute atomic E-state index is 0.513. The van der Waals surface area contributed by atoms with Crippen LogP contribution in [0.4, 0.5) is 0 Å². The summed E-state index contributed by atoms with van der Waals surface area (Å²) in [5.41, 5.74) is 0. The molecule has 0 fully saturated rings. The molecule has 0 bridgehead atoms. The lowest BCUT2D eigenvalue weighted by molar-refractivity contribution is 0.0871. The molecular formula is C9H17ClN2OSi. The predicted octanol–water partition coefficient (Wildman–Crippen LogP) is 2.85. The Kier molecular flexibility index (Phi) is 4.16. The zero-order chi connectivity index (χ0) is 10.6. The number of nitrogens with zero attached hydrogens (tertiary/aromatic N) is 2. The summed E-state index contributed by atoms with van der Waals surface area (Å²) in [6.07, 6.45) is 3.44. The predicted molar refractivity (Wildman–Crippen MR) is 61.3 cm³/mol. The third kappa shape index (κ3) is 4.79. The molecular weight excluding hydrogens is 216 g/mol. The van der Waals surface area contributed by atoms with Gasteiger partial charge in [-0.05, 0) is 6.04 Å². The Labute approximate surface area is 91.1 Å². The number of hydrogen-bond acceptors (Lipinski definition) is 2. The Hall–Kier alpha value is -0.323. The first-order valence-corrected chi connectivity index (χ1v) is 8.81. The number of imidazole rings is 1. The molecule has 0 saturated heterocycles. The summed E-state index contributed by atoms with van der Waals surface area (Å²) < 4.78 is 7.35. The second-order valence-electron chi connectivity index (χ2n) is 4.56. The zero-order valence-electron chi connectivity index (χ0n) is 8.96. The summed E-state index contributed by atoms with van der Waals surface area (Å²) in [4.78, 5) is 3.90. The number of aromatic nitrogens is 2. The van der Waals surface area contributed by atoms with Crippen LogP contribution in [0.3, 0.4) is 0 Å². The van der Waals surface area contributed by atoms with Gasteiger partial charge in [0.25, 0.3) is 0 Å². The van der Waals surface area contributed by atoms with E-state index >= 15 is 0 Å². The second kappa shape index (κ2) is 4.96. The Bertz CT molecular complexity index is 283. The smallest absolute Gasteiger partial charge is 0.147 e. The van der Waals surface area contributed by atoms with E-state index in [9.17, 15) is 0 Å². The highest BCUT2D eigenvalue weighted by molar-refractivity contribution is 6.76. The maximum Gasteiger partial charge on any atom is 0.147 e. The molecule has 0 N–H and O–H groups in total. The summed E-state index contributed by atoms with van der Waals surface area (Å²) in [6, 6.07) is 1.19. The number of rotatable bonds is 5. The fourth-order valence-electron chi connectivity index (χ4n) is 0.952. The van der Waals surface area contributed by atoms with Crippen LogP contribution in [0.25, 0.3) is 0 Å². The van der Waals surface area contributed by atoms with Gasteiger partial charge in [-0.25, -0.2) is 4.98 Å². The standard InChI is InChI=1S/C9H17ClN2OSi/c1-14(2,3)5-4-13-8-12-6-9(10)11-7-12/h6-7H,4-5,8H2,1-3H3. The van der Waals surface area contributed by atoms with Crippen molar-refractivity contribution < 1.29 is 4.74 Å². The highest BCUT2D eigenvalue weighted by Gasteiger charge is 2.11. The molecule has 0 amide bonds. The quantitative estimate of drug-likeness (QED) is 0.577. The molecule has 0 aromatic carbocycles. The number of ether oxygens (including phenoxy) is 1. The highest BCUT2D eigenvalue weighted by Crippen LogP contribution is 2.08. The minimum Gasteiger partial charge on any atom is -0.361 e. The zero-order valence-corrected chi connectivity index (χ0v) is 10.7. The van der Waals surface area contributed by atoms with Crippen LogP contribution in [0.2, 0.25) is 30.8 Å². The third-order valence-corrected chi connectivity index (χ3v) is 3.74. The first-order chi connectivity index (χ1) is 6.47. The number of halogens is 1. The van der Waals surface area contributed by atoms with Gasteiger partial charge in [-0.3, -0.25) is 0 Å². The van der Waals surface area contributed by atoms with Crippen molar-refractivity contribution in [2.75, 3.05) is 6.61 Å². The normalized spacial score (nSPS) is 12.0. The second-order valence-corrected chi connectivity index (χ2v) is 10.6. The number of hydrogen-bond donors (Lipinski definition) is 0. The van der Waals surface area contributed by atoms with Gasteiger partial charge in [-0.15, -0.1) is 0 Å². The largest absolute Gasteiger partial charge is 0.361 e. The van der Waals surface area contributed by atoms with Crippen molar-refractivity contribution in [3.63, 3.8) is 0 Å². The van der Waals surface area contributed by atoms with Crippen molar-refractivity contribution in [1.82, 2.24) is 9.55 Å². The summed E-state index contributed by atoms with van der Waals surface area (Å²) in [5.74, 6) is 0. The van der Waals surface area contributed by atoms with E-state index < -0.39 is 8.07 Å². The van der Waals surface area contributed by atoms with Crippen LogP contribution in [0.1, 0.15) is 0 Å². The maximum absolute atomic E-state index is 5.67. The van der Waals surface area contributed by atoms with Gasteiger partial charge in [-0.1, -0.05) is 31.2 Å². The van der Waals surface area contributed by atoms with E-state index in [1.807, 2.05) is 4.57 Å². The lowest BCUT2D eigenvalue weighted by atomic mass is 10.8. The molecule has 14 heavy (non-hydrogen) atoms. The average Bonchev–Trinajstić information content (AvgIpc) is 2.44. The van der Waals surface area contributed by atoms with Gasteiger partial charge < -0.3 is 9.30 Å². The highest BCUT2D eigenvalue weighted by atomic mass is 35.5. The van der Waals surface area contributed by atoms with E-state index in [0.29, 0.717) is 11.9 Å². The lowest BCUT2D eigenvalue weighted by Crippen LogP contribution is -2.21. The molecule has 1 aromatic rings. The summed E-state index contributed by atoms with van der Waals surface area (Å²) in [6.45, 7) is 8.38. The Morgan fingerprint density at radius 1 is 1.50 bits per heavy atom. The molecule has 0 aliphatic rings. The molecule has 80 valence electrons. The topological polar surface area (TPSA) is 27.1 Å². The van der Waals surface area contributed by atoms with Gasteiger partial charge in [-0.2, -0.15) is 0 Å². The Morgan fingerprint density at radius 3 is 2.71 bits per heavy atom. The van der Waals surface area contributed by atoms with E-state index in [0.717, 1.165) is 6.61 Å². The Balaban J connectivity index is 2.16. The minimum atomic E-state index is -0.966. The third-order valence-electron chi connectivity index (χ3n) is 1.84. The van der Waals surface area contributed by atoms with Crippen molar-refractivity contribution in [3.8, 4) is 0 Å². The summed E-state index contributed by atoms with van der Waals surface area (Å²) in [5, 5.41) is 0.513. The average molecular weight is 233 g/mol. The van der Waals surface area contributed by atoms with Gasteiger partial charge >= 0.3 is 0 Å². The van der Waals surface area contributed by atoms with Crippen molar-refractivity contribution in [2.45, 2.75) is 32.4 Å². The van der Waals surface area contributed by atoms with E-state index in [1.165, 1.54) is 6.04 Å². The first kappa shape index (κ1) is 11.7. The van der Waals surface area contributed by atoms with Crippen LogP contribution in [0.15, 0.2) is 12.5 Å². The molecule has 1 rings (SSSR count). The molecule has 0 atom stereocenters. The van der Waals surface area contributed by atoms with Gasteiger partial charge in [0, 0.05) is 20.9 Å². The van der Waals surface area contributed by atoms with Gasteiger partial charge in [0.05, 0.1) is 6.33 Å². The molecule has 0 radical (unpaired) electrons. The molecule has 0 aliphatic carbocycles. The molecule has 0 saturated carbocycles. The fraction of sp³-hybridized carbons (Fsp3) is 0.667. The van der Waals surface area contributed by atoms with E-state index in [4.69, 9.17) is 16.3 Å². The van der Waals surface area contributed by atoms with E-state index in [1.54, 1.807) is 12.5 Å². The molecule has 0 aliphatic heterocycles. The molecule has 1 heterocycles. The van der Waals surface area contributed by atoms with Crippen molar-refractivity contribution in [3.05, 3.63) is 17.7 Å². The van der Waals surface area contributed by atoms with Gasteiger partial charge in [0.2, 0.25) is 0 Å².